The number of nitrogens with zero attached hydrogens (tertiary/aromatic N) is 1. The van der Waals surface area contributed by atoms with Gasteiger partial charge in [-0.1, -0.05) is 15.9 Å². The van der Waals surface area contributed by atoms with Crippen molar-refractivity contribution >= 4 is 42.8 Å². The summed E-state index contributed by atoms with van der Waals surface area (Å²) >= 11 is 3.32. The third-order valence-electron chi connectivity index (χ3n) is 4.02. The molecule has 2 heterocycles. The number of carbonyl (C=O) groups excluding carboxylic acids is 1. The molecule has 7 nitrogen and oxygen atoms in total. The summed E-state index contributed by atoms with van der Waals surface area (Å²) in [6.45, 7) is 0.861. The lowest BCUT2D eigenvalue weighted by atomic mass is 10.2. The fourth-order valence-electron chi connectivity index (χ4n) is 2.73. The van der Waals surface area contributed by atoms with E-state index in [1.807, 2.05) is 0 Å². The Labute approximate surface area is 142 Å². The fourth-order valence-corrected chi connectivity index (χ4v) is 4.79. The van der Waals surface area contributed by atoms with E-state index in [9.17, 15) is 13.2 Å². The first-order valence-corrected chi connectivity index (χ1v) is 9.22. The van der Waals surface area contributed by atoms with Crippen molar-refractivity contribution < 1.29 is 17.9 Å². The van der Waals surface area contributed by atoms with Gasteiger partial charge in [-0.15, -0.1) is 0 Å². The van der Waals surface area contributed by atoms with Gasteiger partial charge in [0, 0.05) is 29.0 Å². The molecule has 1 aromatic carbocycles. The van der Waals surface area contributed by atoms with Crippen molar-refractivity contribution in [2.24, 2.45) is 5.73 Å². The van der Waals surface area contributed by atoms with Gasteiger partial charge in [-0.2, -0.15) is 4.31 Å². The third kappa shape index (κ3) is 2.78. The van der Waals surface area contributed by atoms with E-state index in [1.165, 1.54) is 11.4 Å². The number of nitrogens with one attached hydrogen (secondary N) is 1. The third-order valence-corrected chi connectivity index (χ3v) is 6.51. The molecular weight excluding hydrogens is 386 g/mol. The number of amides is 1. The first kappa shape index (κ1) is 16.4. The average Bonchev–Trinajstić information content (AvgIpc) is 3.13. The molecule has 1 amide bonds. The number of fused-ring (bicyclic) bond motifs is 1. The number of H-pyrrole nitrogens is 1. The number of likely N-dealkylation sites (N-methyl/N-ethyl adjacent to an activating group) is 1. The number of aromatic nitrogens is 1. The van der Waals surface area contributed by atoms with Gasteiger partial charge in [0.25, 0.3) is 5.91 Å². The molecule has 3 rings (SSSR count). The van der Waals surface area contributed by atoms with Crippen molar-refractivity contribution in [3.8, 4) is 0 Å². The quantitative estimate of drug-likeness (QED) is 0.807. The Morgan fingerprint density at radius 2 is 2.22 bits per heavy atom. The highest BCUT2D eigenvalue weighted by molar-refractivity contribution is 9.10. The van der Waals surface area contributed by atoms with Crippen molar-refractivity contribution in [2.45, 2.75) is 17.4 Å². The average molecular weight is 402 g/mol. The minimum Gasteiger partial charge on any atom is -0.380 e. The van der Waals surface area contributed by atoms with E-state index in [2.05, 4.69) is 20.9 Å². The van der Waals surface area contributed by atoms with Crippen molar-refractivity contribution in [3.05, 3.63) is 28.4 Å². The van der Waals surface area contributed by atoms with Gasteiger partial charge in [-0.25, -0.2) is 8.42 Å². The molecule has 0 aliphatic carbocycles. The van der Waals surface area contributed by atoms with Crippen LogP contribution in [0.4, 0.5) is 0 Å². The highest BCUT2D eigenvalue weighted by Crippen LogP contribution is 2.32. The number of hydrogen-bond acceptors (Lipinski definition) is 4. The fraction of sp³-hybridized carbons (Fsp3) is 0.357. The van der Waals surface area contributed by atoms with Crippen LogP contribution in [0.5, 0.6) is 0 Å². The topological polar surface area (TPSA) is 105 Å². The van der Waals surface area contributed by atoms with Crippen LogP contribution in [0.2, 0.25) is 0 Å². The summed E-state index contributed by atoms with van der Waals surface area (Å²) in [6, 6.07) is 4.86. The minimum atomic E-state index is -3.90. The zero-order valence-electron chi connectivity index (χ0n) is 12.4. The maximum absolute atomic E-state index is 13.1. The second-order valence-electron chi connectivity index (χ2n) is 5.42. The molecule has 23 heavy (non-hydrogen) atoms. The Bertz CT molecular complexity index is 872. The zero-order valence-corrected chi connectivity index (χ0v) is 14.8. The number of aromatic amines is 1. The minimum absolute atomic E-state index is 0.0873. The van der Waals surface area contributed by atoms with Crippen molar-refractivity contribution in [1.29, 1.82) is 0 Å². The largest absolute Gasteiger partial charge is 0.380 e. The number of carbonyl (C=O) groups is 1. The Morgan fingerprint density at radius 1 is 1.48 bits per heavy atom. The molecule has 0 saturated carbocycles. The molecule has 3 N–H and O–H groups in total. The van der Waals surface area contributed by atoms with E-state index in [4.69, 9.17) is 10.5 Å². The van der Waals surface area contributed by atoms with Crippen LogP contribution in [0.15, 0.2) is 27.6 Å². The van der Waals surface area contributed by atoms with Gasteiger partial charge >= 0.3 is 0 Å². The van der Waals surface area contributed by atoms with Crippen LogP contribution in [0, 0.1) is 0 Å². The highest BCUT2D eigenvalue weighted by atomic mass is 79.9. The summed E-state index contributed by atoms with van der Waals surface area (Å²) in [6.07, 6.45) is 0.619. The van der Waals surface area contributed by atoms with E-state index in [1.54, 1.807) is 18.2 Å². The van der Waals surface area contributed by atoms with E-state index in [0.717, 1.165) is 0 Å². The number of halogens is 1. The maximum atomic E-state index is 13.1. The van der Waals surface area contributed by atoms with E-state index in [0.29, 0.717) is 35.0 Å². The molecule has 1 unspecified atom stereocenters. The van der Waals surface area contributed by atoms with Crippen LogP contribution in [-0.4, -0.2) is 49.9 Å². The van der Waals surface area contributed by atoms with E-state index < -0.39 is 15.9 Å². The lowest BCUT2D eigenvalue weighted by Crippen LogP contribution is -2.38. The smallest absolute Gasteiger partial charge is 0.266 e. The summed E-state index contributed by atoms with van der Waals surface area (Å²) in [7, 11) is -2.40. The first-order valence-electron chi connectivity index (χ1n) is 6.99. The molecule has 0 spiro atoms. The van der Waals surface area contributed by atoms with E-state index >= 15 is 0 Å². The Balaban J connectivity index is 2.22. The predicted molar refractivity (Wildman–Crippen MR) is 88.7 cm³/mol. The summed E-state index contributed by atoms with van der Waals surface area (Å²) in [4.78, 5) is 14.5. The van der Waals surface area contributed by atoms with Crippen LogP contribution in [0.25, 0.3) is 10.9 Å². The number of ether oxygens (including phenoxy) is 1. The SMILES string of the molecule is CN(C1CCOC1)S(=O)(=O)c1c(C(N)=O)[nH]c2ccc(Br)cc12. The van der Waals surface area contributed by atoms with Gasteiger partial charge in [-0.05, 0) is 24.6 Å². The molecule has 1 atom stereocenters. The number of rotatable bonds is 4. The highest BCUT2D eigenvalue weighted by Gasteiger charge is 2.35. The summed E-state index contributed by atoms with van der Waals surface area (Å²) in [5.74, 6) is -0.813. The molecule has 9 heteroatoms. The summed E-state index contributed by atoms with van der Waals surface area (Å²) in [5.41, 5.74) is 5.81. The van der Waals surface area contributed by atoms with Crippen LogP contribution in [-0.2, 0) is 14.8 Å². The second-order valence-corrected chi connectivity index (χ2v) is 8.27. The van der Waals surface area contributed by atoms with Crippen LogP contribution >= 0.6 is 15.9 Å². The van der Waals surface area contributed by atoms with Gasteiger partial charge in [0.15, 0.2) is 0 Å². The first-order chi connectivity index (χ1) is 10.8. The molecule has 1 aliphatic rings. The van der Waals surface area contributed by atoms with Gasteiger partial charge < -0.3 is 15.5 Å². The van der Waals surface area contributed by atoms with Gasteiger partial charge in [-0.3, -0.25) is 4.79 Å². The Morgan fingerprint density at radius 3 is 2.83 bits per heavy atom. The number of hydrogen-bond donors (Lipinski definition) is 2. The molecule has 1 fully saturated rings. The van der Waals surface area contributed by atoms with Crippen molar-refractivity contribution in [2.75, 3.05) is 20.3 Å². The lowest BCUT2D eigenvalue weighted by Gasteiger charge is -2.22. The molecule has 2 aromatic rings. The summed E-state index contributed by atoms with van der Waals surface area (Å²) < 4.78 is 33.3. The zero-order chi connectivity index (χ0) is 16.8. The number of primary amides is 1. The molecular formula is C14H16BrN3O4S. The normalized spacial score (nSPS) is 18.8. The Kier molecular flexibility index (Phi) is 4.21. The van der Waals surface area contributed by atoms with Gasteiger partial charge in [0.05, 0.1) is 12.6 Å². The number of benzene rings is 1. The molecule has 1 aliphatic heterocycles. The summed E-state index contributed by atoms with van der Waals surface area (Å²) in [5, 5.41) is 0.430. The molecule has 1 saturated heterocycles. The molecule has 1 aromatic heterocycles. The van der Waals surface area contributed by atoms with E-state index in [-0.39, 0.29) is 16.6 Å². The maximum Gasteiger partial charge on any atom is 0.266 e. The van der Waals surface area contributed by atoms with Crippen molar-refractivity contribution in [1.82, 2.24) is 9.29 Å². The van der Waals surface area contributed by atoms with Crippen molar-refractivity contribution in [3.63, 3.8) is 0 Å². The lowest BCUT2D eigenvalue weighted by molar-refractivity contribution is 0.0993. The molecule has 124 valence electrons. The number of nitrogens with two attached hydrogens (primary N) is 1. The monoisotopic (exact) mass is 401 g/mol. The van der Waals surface area contributed by atoms with Crippen LogP contribution in [0.3, 0.4) is 0 Å². The number of sulfonamides is 1. The van der Waals surface area contributed by atoms with Gasteiger partial charge in [0.1, 0.15) is 10.6 Å². The van der Waals surface area contributed by atoms with Gasteiger partial charge in [0.2, 0.25) is 10.0 Å². The Hall–Kier alpha value is -1.42. The predicted octanol–water partition coefficient (Wildman–Crippen LogP) is 1.44. The molecule has 0 bridgehead atoms. The van der Waals surface area contributed by atoms with Crippen LogP contribution in [0.1, 0.15) is 16.9 Å². The standard InChI is InChI=1S/C14H16BrN3O4S/c1-18(9-4-5-22-7-9)23(20,21)13-10-6-8(15)2-3-11(10)17-12(13)14(16)19/h2-3,6,9,17H,4-5,7H2,1H3,(H2,16,19). The second kappa shape index (κ2) is 5.90. The molecule has 0 radical (unpaired) electrons. The van der Waals surface area contributed by atoms with Crippen LogP contribution < -0.4 is 5.73 Å².